The molecule has 0 aliphatic heterocycles. The number of rotatable bonds is 45. The van der Waals surface area contributed by atoms with Crippen LogP contribution in [-0.4, -0.2) is 37.2 Å². The summed E-state index contributed by atoms with van der Waals surface area (Å²) in [6, 6.07) is 0. The maximum Gasteiger partial charge on any atom is 0.306 e. The number of hydrogen-bond donors (Lipinski definition) is 0. The molecule has 0 aliphatic carbocycles. The van der Waals surface area contributed by atoms with E-state index < -0.39 is 6.10 Å². The lowest BCUT2D eigenvalue weighted by Gasteiger charge is -2.18. The molecule has 0 amide bonds. The Balaban J connectivity index is 4.45. The van der Waals surface area contributed by atoms with Gasteiger partial charge in [0.25, 0.3) is 0 Å². The molecule has 0 aromatic heterocycles. The van der Waals surface area contributed by atoms with Gasteiger partial charge in [-0.05, 0) is 96.3 Å². The first-order valence-electron chi connectivity index (χ1n) is 25.6. The highest BCUT2D eigenvalue weighted by molar-refractivity contribution is 5.71. The van der Waals surface area contributed by atoms with Gasteiger partial charge in [-0.2, -0.15) is 0 Å². The van der Waals surface area contributed by atoms with Crippen molar-refractivity contribution < 1.29 is 28.6 Å². The van der Waals surface area contributed by atoms with E-state index in [1.54, 1.807) is 0 Å². The fourth-order valence-corrected chi connectivity index (χ4v) is 6.80. The highest BCUT2D eigenvalue weighted by atomic mass is 16.6. The summed E-state index contributed by atoms with van der Waals surface area (Å²) in [7, 11) is 0. The number of carbonyl (C=O) groups is 3. The van der Waals surface area contributed by atoms with Crippen molar-refractivity contribution in [3.63, 3.8) is 0 Å². The van der Waals surface area contributed by atoms with Gasteiger partial charge in [-0.3, -0.25) is 14.4 Å². The van der Waals surface area contributed by atoms with Crippen molar-refractivity contribution in [2.24, 2.45) is 0 Å². The van der Waals surface area contributed by atoms with Crippen molar-refractivity contribution in [2.75, 3.05) is 13.2 Å². The maximum absolute atomic E-state index is 12.8. The lowest BCUT2D eigenvalue weighted by Crippen LogP contribution is -2.30. The zero-order chi connectivity index (χ0) is 45.1. The summed E-state index contributed by atoms with van der Waals surface area (Å²) in [6.45, 7) is 6.41. The first kappa shape index (κ1) is 58.6. The Morgan fingerprint density at radius 3 is 1.16 bits per heavy atom. The summed E-state index contributed by atoms with van der Waals surface area (Å²) >= 11 is 0. The zero-order valence-corrected chi connectivity index (χ0v) is 40.4. The van der Waals surface area contributed by atoms with E-state index in [9.17, 15) is 14.4 Å². The van der Waals surface area contributed by atoms with Gasteiger partial charge in [0.2, 0.25) is 0 Å². The molecule has 0 saturated heterocycles. The lowest BCUT2D eigenvalue weighted by molar-refractivity contribution is -0.167. The van der Waals surface area contributed by atoms with Crippen molar-refractivity contribution in [3.05, 3.63) is 85.1 Å². The predicted octanol–water partition coefficient (Wildman–Crippen LogP) is 16.8. The van der Waals surface area contributed by atoms with Gasteiger partial charge in [0.15, 0.2) is 6.10 Å². The van der Waals surface area contributed by atoms with E-state index in [2.05, 4.69) is 106 Å². The van der Waals surface area contributed by atoms with Crippen LogP contribution >= 0.6 is 0 Å². The van der Waals surface area contributed by atoms with E-state index in [4.69, 9.17) is 14.2 Å². The van der Waals surface area contributed by atoms with E-state index in [0.717, 1.165) is 96.3 Å². The van der Waals surface area contributed by atoms with Gasteiger partial charge in [0, 0.05) is 19.3 Å². The maximum atomic E-state index is 12.8. The van der Waals surface area contributed by atoms with Crippen LogP contribution in [0.1, 0.15) is 233 Å². The van der Waals surface area contributed by atoms with Crippen LogP contribution < -0.4 is 0 Å². The number of allylic oxidation sites excluding steroid dienone is 14. The number of unbranched alkanes of at least 4 members (excludes halogenated alkanes) is 22. The topological polar surface area (TPSA) is 78.9 Å². The van der Waals surface area contributed by atoms with Crippen LogP contribution in [-0.2, 0) is 28.6 Å². The molecule has 0 aromatic carbocycles. The SMILES string of the molecule is CC/C=C\C/C=C\C/C=C\CCCC(=O)OCC(COC(=O)CCCCCCC/C=C\C=C/CCCCCCCCC)OC(=O)CCCCCCCC/C=C\C=C/CCCCC. The van der Waals surface area contributed by atoms with Crippen molar-refractivity contribution in [3.8, 4) is 0 Å². The number of hydrogen-bond acceptors (Lipinski definition) is 6. The van der Waals surface area contributed by atoms with Crippen LogP contribution in [0.5, 0.6) is 0 Å². The summed E-state index contributed by atoms with van der Waals surface area (Å²) in [4.78, 5) is 37.9. The van der Waals surface area contributed by atoms with Crippen LogP contribution in [0.2, 0.25) is 0 Å². The van der Waals surface area contributed by atoms with Gasteiger partial charge in [0.05, 0.1) is 0 Å². The Hall–Kier alpha value is -3.41. The quantitative estimate of drug-likeness (QED) is 0.0199. The molecule has 0 rings (SSSR count). The highest BCUT2D eigenvalue weighted by Crippen LogP contribution is 2.13. The molecule has 0 aromatic rings. The monoisotopic (exact) mass is 863 g/mol. The van der Waals surface area contributed by atoms with Crippen molar-refractivity contribution >= 4 is 17.9 Å². The standard InChI is InChI=1S/C56H94O6/c1-4-7-10-13-16-19-22-24-26-27-28-30-31-34-37-40-43-46-49-55(58)61-52-53(51-60-54(57)48-45-42-39-36-33-21-18-15-12-9-6-3)62-56(59)50-47-44-41-38-35-32-29-25-23-20-17-14-11-8-5-2/h9,12,17-18,20-21,23,25-28,30,36,39,53H,4-8,10-11,13-16,19,22,24,29,31-35,37-38,40-52H2,1-3H3/b12-9-,20-17-,21-18-,25-23-,27-26-,30-28-,39-36-. The van der Waals surface area contributed by atoms with Crippen LogP contribution in [0, 0.1) is 0 Å². The smallest absolute Gasteiger partial charge is 0.306 e. The summed E-state index contributed by atoms with van der Waals surface area (Å²) in [6.07, 6.45) is 64.3. The van der Waals surface area contributed by atoms with E-state index in [1.807, 2.05) is 0 Å². The van der Waals surface area contributed by atoms with Crippen LogP contribution in [0.4, 0.5) is 0 Å². The van der Waals surface area contributed by atoms with Gasteiger partial charge >= 0.3 is 17.9 Å². The largest absolute Gasteiger partial charge is 0.462 e. The highest BCUT2D eigenvalue weighted by Gasteiger charge is 2.19. The van der Waals surface area contributed by atoms with E-state index in [-0.39, 0.29) is 37.5 Å². The van der Waals surface area contributed by atoms with Gasteiger partial charge in [0.1, 0.15) is 13.2 Å². The normalized spacial score (nSPS) is 12.8. The van der Waals surface area contributed by atoms with E-state index in [1.165, 1.54) is 89.9 Å². The first-order chi connectivity index (χ1) is 30.5. The average Bonchev–Trinajstić information content (AvgIpc) is 3.27. The molecule has 0 heterocycles. The number of carbonyl (C=O) groups excluding carboxylic acids is 3. The predicted molar refractivity (Wildman–Crippen MR) is 265 cm³/mol. The van der Waals surface area contributed by atoms with Crippen LogP contribution in [0.3, 0.4) is 0 Å². The number of ether oxygens (including phenoxy) is 3. The molecule has 354 valence electrons. The fraction of sp³-hybridized carbons (Fsp3) is 0.696. The zero-order valence-electron chi connectivity index (χ0n) is 40.4. The Bertz CT molecular complexity index is 1220. The molecule has 0 aliphatic rings. The molecule has 0 saturated carbocycles. The average molecular weight is 863 g/mol. The molecule has 0 bridgehead atoms. The van der Waals surface area contributed by atoms with Gasteiger partial charge < -0.3 is 14.2 Å². The molecule has 6 heteroatoms. The Morgan fingerprint density at radius 2 is 0.694 bits per heavy atom. The molecule has 0 spiro atoms. The number of esters is 3. The minimum absolute atomic E-state index is 0.106. The second-order valence-corrected chi connectivity index (χ2v) is 16.7. The molecular weight excluding hydrogens is 769 g/mol. The first-order valence-corrected chi connectivity index (χ1v) is 25.6. The third-order valence-electron chi connectivity index (χ3n) is 10.7. The van der Waals surface area contributed by atoms with Crippen LogP contribution in [0.15, 0.2) is 85.1 Å². The van der Waals surface area contributed by atoms with Gasteiger partial charge in [-0.1, -0.05) is 202 Å². The molecule has 0 N–H and O–H groups in total. The van der Waals surface area contributed by atoms with E-state index >= 15 is 0 Å². The second-order valence-electron chi connectivity index (χ2n) is 16.7. The lowest BCUT2D eigenvalue weighted by atomic mass is 10.1. The van der Waals surface area contributed by atoms with Crippen LogP contribution in [0.25, 0.3) is 0 Å². The summed E-state index contributed by atoms with van der Waals surface area (Å²) in [5.41, 5.74) is 0. The summed E-state index contributed by atoms with van der Waals surface area (Å²) in [5, 5.41) is 0. The Kier molecular flexibility index (Phi) is 47.5. The van der Waals surface area contributed by atoms with Gasteiger partial charge in [-0.15, -0.1) is 0 Å². The second kappa shape index (κ2) is 50.2. The third-order valence-corrected chi connectivity index (χ3v) is 10.7. The Morgan fingerprint density at radius 1 is 0.355 bits per heavy atom. The molecule has 62 heavy (non-hydrogen) atoms. The molecule has 0 fully saturated rings. The summed E-state index contributed by atoms with van der Waals surface area (Å²) in [5.74, 6) is -0.990. The molecule has 6 nitrogen and oxygen atoms in total. The van der Waals surface area contributed by atoms with Crippen molar-refractivity contribution in [2.45, 2.75) is 239 Å². The third kappa shape index (κ3) is 47.6. The Labute approximate surface area is 382 Å². The fourth-order valence-electron chi connectivity index (χ4n) is 6.80. The van der Waals surface area contributed by atoms with E-state index in [0.29, 0.717) is 19.3 Å². The minimum atomic E-state index is -0.809. The molecule has 1 atom stereocenters. The molecular formula is C56H94O6. The summed E-state index contributed by atoms with van der Waals surface area (Å²) < 4.78 is 16.7. The molecule has 0 radical (unpaired) electrons. The van der Waals surface area contributed by atoms with Gasteiger partial charge in [-0.25, -0.2) is 0 Å². The minimum Gasteiger partial charge on any atom is -0.462 e. The molecule has 1 unspecified atom stereocenters. The van der Waals surface area contributed by atoms with Crippen molar-refractivity contribution in [1.82, 2.24) is 0 Å². The van der Waals surface area contributed by atoms with Crippen molar-refractivity contribution in [1.29, 1.82) is 0 Å².